The van der Waals surface area contributed by atoms with E-state index in [4.69, 9.17) is 16.3 Å². The number of halogens is 1. The van der Waals surface area contributed by atoms with Crippen LogP contribution in [-0.2, 0) is 0 Å². The standard InChI is InChI=1S/C18H13ClN4O3/c1-26-16-6-9(2-5-15(16)24)13-8-11(18(25)23-22-13)17-20-12-4-3-10(19)7-14(12)21-17/h2-8,24H,1H3,(H,20,21)(H,23,25). The number of rotatable bonds is 3. The van der Waals surface area contributed by atoms with Gasteiger partial charge in [-0.25, -0.2) is 10.1 Å². The van der Waals surface area contributed by atoms with Crippen molar-refractivity contribution in [3.63, 3.8) is 0 Å². The van der Waals surface area contributed by atoms with Crippen molar-refractivity contribution in [2.75, 3.05) is 7.11 Å². The van der Waals surface area contributed by atoms with Crippen LogP contribution >= 0.6 is 11.6 Å². The number of hydrogen-bond acceptors (Lipinski definition) is 5. The Kier molecular flexibility index (Phi) is 3.85. The highest BCUT2D eigenvalue weighted by molar-refractivity contribution is 6.31. The summed E-state index contributed by atoms with van der Waals surface area (Å²) in [4.78, 5) is 19.8. The molecule has 0 spiro atoms. The molecule has 0 amide bonds. The first-order valence-electron chi connectivity index (χ1n) is 7.68. The Labute approximate surface area is 152 Å². The van der Waals surface area contributed by atoms with Gasteiger partial charge in [0, 0.05) is 10.6 Å². The van der Waals surface area contributed by atoms with Gasteiger partial charge in [-0.05, 0) is 42.5 Å². The van der Waals surface area contributed by atoms with Crippen molar-refractivity contribution in [1.82, 2.24) is 20.2 Å². The van der Waals surface area contributed by atoms with Crippen LogP contribution in [0.25, 0.3) is 33.7 Å². The van der Waals surface area contributed by atoms with E-state index in [-0.39, 0.29) is 11.3 Å². The number of aromatic amines is 2. The number of benzene rings is 2. The maximum absolute atomic E-state index is 12.3. The van der Waals surface area contributed by atoms with E-state index in [1.54, 1.807) is 36.4 Å². The van der Waals surface area contributed by atoms with Crippen LogP contribution in [0.15, 0.2) is 47.3 Å². The smallest absolute Gasteiger partial charge is 0.275 e. The second kappa shape index (κ2) is 6.20. The summed E-state index contributed by atoms with van der Waals surface area (Å²) in [5.41, 5.74) is 2.59. The van der Waals surface area contributed by atoms with Gasteiger partial charge in [0.1, 0.15) is 5.82 Å². The Hall–Kier alpha value is -3.32. The molecule has 0 atom stereocenters. The van der Waals surface area contributed by atoms with Crippen molar-refractivity contribution in [2.45, 2.75) is 0 Å². The van der Waals surface area contributed by atoms with E-state index in [1.807, 2.05) is 0 Å². The van der Waals surface area contributed by atoms with Crippen LogP contribution in [0.3, 0.4) is 0 Å². The summed E-state index contributed by atoms with van der Waals surface area (Å²) in [6, 6.07) is 11.7. The molecule has 2 aromatic carbocycles. The molecule has 26 heavy (non-hydrogen) atoms. The fourth-order valence-electron chi connectivity index (χ4n) is 2.68. The summed E-state index contributed by atoms with van der Waals surface area (Å²) in [5.74, 6) is 0.753. The molecule has 0 radical (unpaired) electrons. The van der Waals surface area contributed by atoms with Gasteiger partial charge in [0.25, 0.3) is 5.56 Å². The summed E-state index contributed by atoms with van der Waals surface area (Å²) < 4.78 is 5.12. The number of H-pyrrole nitrogens is 2. The minimum atomic E-state index is -0.371. The lowest BCUT2D eigenvalue weighted by molar-refractivity contribution is 0.373. The molecule has 0 unspecified atom stereocenters. The molecule has 0 aliphatic heterocycles. The number of imidazole rings is 1. The van der Waals surface area contributed by atoms with Gasteiger partial charge < -0.3 is 14.8 Å². The fourth-order valence-corrected chi connectivity index (χ4v) is 2.85. The molecule has 130 valence electrons. The third-order valence-corrected chi connectivity index (χ3v) is 4.21. The molecule has 0 saturated carbocycles. The van der Waals surface area contributed by atoms with Crippen LogP contribution in [0.2, 0.25) is 5.02 Å². The average molecular weight is 369 g/mol. The third kappa shape index (κ3) is 2.78. The fraction of sp³-hybridized carbons (Fsp3) is 0.0556. The largest absolute Gasteiger partial charge is 0.504 e. The van der Waals surface area contributed by atoms with Gasteiger partial charge in [-0.15, -0.1) is 0 Å². The lowest BCUT2D eigenvalue weighted by Gasteiger charge is -2.06. The number of phenolic OH excluding ortho intramolecular Hbond substituents is 1. The van der Waals surface area contributed by atoms with Crippen LogP contribution in [0.4, 0.5) is 0 Å². The first kappa shape index (κ1) is 16.2. The summed E-state index contributed by atoms with van der Waals surface area (Å²) >= 11 is 5.99. The number of ether oxygens (including phenoxy) is 1. The first-order valence-corrected chi connectivity index (χ1v) is 8.05. The van der Waals surface area contributed by atoms with Crippen molar-refractivity contribution < 1.29 is 9.84 Å². The Morgan fingerprint density at radius 2 is 2.00 bits per heavy atom. The van der Waals surface area contributed by atoms with E-state index in [9.17, 15) is 9.90 Å². The van der Waals surface area contributed by atoms with Crippen molar-refractivity contribution in [3.8, 4) is 34.1 Å². The predicted octanol–water partition coefficient (Wildman–Crippen LogP) is 3.35. The Morgan fingerprint density at radius 1 is 1.15 bits per heavy atom. The lowest BCUT2D eigenvalue weighted by Crippen LogP contribution is -2.12. The zero-order valence-electron chi connectivity index (χ0n) is 13.6. The highest BCUT2D eigenvalue weighted by Crippen LogP contribution is 2.31. The molecule has 2 heterocycles. The number of nitrogens with zero attached hydrogens (tertiary/aromatic N) is 2. The summed E-state index contributed by atoms with van der Waals surface area (Å²) in [7, 11) is 1.46. The molecule has 2 aromatic heterocycles. The highest BCUT2D eigenvalue weighted by Gasteiger charge is 2.13. The molecule has 0 bridgehead atoms. The van der Waals surface area contributed by atoms with E-state index in [1.165, 1.54) is 13.2 Å². The monoisotopic (exact) mass is 368 g/mol. The number of phenols is 1. The second-order valence-electron chi connectivity index (χ2n) is 5.63. The number of aromatic nitrogens is 4. The molecule has 0 aliphatic rings. The van der Waals surface area contributed by atoms with E-state index in [0.717, 1.165) is 5.52 Å². The first-order chi connectivity index (χ1) is 12.5. The summed E-state index contributed by atoms with van der Waals surface area (Å²) in [5, 5.41) is 16.9. The van der Waals surface area contributed by atoms with E-state index in [2.05, 4.69) is 20.2 Å². The molecule has 8 heteroatoms. The number of aromatic hydroxyl groups is 1. The number of fused-ring (bicyclic) bond motifs is 1. The van der Waals surface area contributed by atoms with Gasteiger partial charge in [-0.2, -0.15) is 5.10 Å². The van der Waals surface area contributed by atoms with Crippen LogP contribution < -0.4 is 10.3 Å². The predicted molar refractivity (Wildman–Crippen MR) is 98.6 cm³/mol. The summed E-state index contributed by atoms with van der Waals surface area (Å²) in [6.45, 7) is 0. The molecule has 4 aromatic rings. The Morgan fingerprint density at radius 3 is 2.81 bits per heavy atom. The molecule has 0 fully saturated rings. The van der Waals surface area contributed by atoms with Crippen LogP contribution in [0.1, 0.15) is 0 Å². The van der Waals surface area contributed by atoms with E-state index >= 15 is 0 Å². The maximum Gasteiger partial charge on any atom is 0.275 e. The third-order valence-electron chi connectivity index (χ3n) is 3.98. The van der Waals surface area contributed by atoms with Crippen molar-refractivity contribution in [2.24, 2.45) is 0 Å². The normalized spacial score (nSPS) is 11.0. The van der Waals surface area contributed by atoms with Crippen LogP contribution in [-0.4, -0.2) is 32.4 Å². The van der Waals surface area contributed by atoms with Crippen LogP contribution in [0, 0.1) is 0 Å². The van der Waals surface area contributed by atoms with Gasteiger partial charge in [0.15, 0.2) is 11.5 Å². The molecule has 3 N–H and O–H groups in total. The van der Waals surface area contributed by atoms with Gasteiger partial charge in [0.05, 0.1) is 29.4 Å². The minimum absolute atomic E-state index is 0.0232. The zero-order valence-corrected chi connectivity index (χ0v) is 14.3. The quantitative estimate of drug-likeness (QED) is 0.514. The highest BCUT2D eigenvalue weighted by atomic mass is 35.5. The molecule has 0 saturated heterocycles. The second-order valence-corrected chi connectivity index (χ2v) is 6.07. The minimum Gasteiger partial charge on any atom is -0.504 e. The Balaban J connectivity index is 1.84. The van der Waals surface area contributed by atoms with Crippen molar-refractivity contribution in [1.29, 1.82) is 0 Å². The van der Waals surface area contributed by atoms with Gasteiger partial charge in [0.2, 0.25) is 0 Å². The van der Waals surface area contributed by atoms with Crippen LogP contribution in [0.5, 0.6) is 11.5 Å². The van der Waals surface area contributed by atoms with E-state index < -0.39 is 0 Å². The van der Waals surface area contributed by atoms with Crippen molar-refractivity contribution >= 4 is 22.6 Å². The molecule has 0 aliphatic carbocycles. The number of hydrogen-bond donors (Lipinski definition) is 3. The molecular weight excluding hydrogens is 356 g/mol. The topological polar surface area (TPSA) is 104 Å². The molecular formula is C18H13ClN4O3. The maximum atomic E-state index is 12.3. The SMILES string of the molecule is COc1cc(-c2cc(-c3nc4ccc(Cl)cc4[nH]3)c(=O)[nH]n2)ccc1O. The number of nitrogens with one attached hydrogen (secondary N) is 2. The summed E-state index contributed by atoms with van der Waals surface area (Å²) in [6.07, 6.45) is 0. The molecule has 4 rings (SSSR count). The number of methoxy groups -OCH3 is 1. The Bertz CT molecular complexity index is 1180. The molecule has 7 nitrogen and oxygen atoms in total. The van der Waals surface area contributed by atoms with Gasteiger partial charge in [-0.3, -0.25) is 4.79 Å². The zero-order chi connectivity index (χ0) is 18.3. The van der Waals surface area contributed by atoms with Gasteiger partial charge in [-0.1, -0.05) is 11.6 Å². The lowest BCUT2D eigenvalue weighted by atomic mass is 10.1. The average Bonchev–Trinajstić information content (AvgIpc) is 3.05. The van der Waals surface area contributed by atoms with Crippen molar-refractivity contribution in [3.05, 3.63) is 57.8 Å². The van der Waals surface area contributed by atoms with Gasteiger partial charge >= 0.3 is 0 Å². The van der Waals surface area contributed by atoms with E-state index in [0.29, 0.717) is 38.9 Å².